The van der Waals surface area contributed by atoms with Gasteiger partial charge in [0.1, 0.15) is 5.75 Å². The Hall–Kier alpha value is -2.28. The summed E-state index contributed by atoms with van der Waals surface area (Å²) in [5.74, 6) is 0.767. The number of nitrogens with one attached hydrogen (secondary N) is 2. The molecular formula is C17H25N3O4. The zero-order valence-electron chi connectivity index (χ0n) is 14.4. The Morgan fingerprint density at radius 3 is 2.71 bits per heavy atom. The number of anilines is 1. The smallest absolute Gasteiger partial charge is 0.315 e. The summed E-state index contributed by atoms with van der Waals surface area (Å²) in [6, 6.07) is 6.80. The molecule has 1 fully saturated rings. The highest BCUT2D eigenvalue weighted by molar-refractivity contribution is 5.96. The van der Waals surface area contributed by atoms with Crippen molar-refractivity contribution in [3.8, 4) is 5.75 Å². The number of nitrogens with zero attached hydrogens (tertiary/aromatic N) is 1. The normalized spacial score (nSPS) is 18.4. The maximum Gasteiger partial charge on any atom is 0.315 e. The van der Waals surface area contributed by atoms with E-state index in [1.165, 1.54) is 0 Å². The van der Waals surface area contributed by atoms with Crippen molar-refractivity contribution in [2.24, 2.45) is 0 Å². The van der Waals surface area contributed by atoms with E-state index in [2.05, 4.69) is 10.6 Å². The zero-order valence-corrected chi connectivity index (χ0v) is 14.4. The van der Waals surface area contributed by atoms with E-state index in [1.807, 2.05) is 38.1 Å². The van der Waals surface area contributed by atoms with E-state index in [0.29, 0.717) is 26.2 Å². The molecule has 0 unspecified atom stereocenters. The lowest BCUT2D eigenvalue weighted by Crippen LogP contribution is -2.47. The van der Waals surface area contributed by atoms with Crippen molar-refractivity contribution in [2.45, 2.75) is 32.4 Å². The van der Waals surface area contributed by atoms with Gasteiger partial charge in [-0.05, 0) is 38.1 Å². The maximum atomic E-state index is 12.2. The largest absolute Gasteiger partial charge is 0.494 e. The first-order valence-electron chi connectivity index (χ1n) is 8.12. The summed E-state index contributed by atoms with van der Waals surface area (Å²) in [7, 11) is 1.58. The number of carbonyl (C=O) groups excluding carboxylic acids is 2. The number of amides is 3. The number of methoxy groups -OCH3 is 1. The molecule has 1 aliphatic heterocycles. The van der Waals surface area contributed by atoms with Crippen LogP contribution in [0.5, 0.6) is 5.75 Å². The van der Waals surface area contributed by atoms with Gasteiger partial charge in [0.15, 0.2) is 0 Å². The summed E-state index contributed by atoms with van der Waals surface area (Å²) >= 11 is 0. The number of carbonyl (C=O) groups is 2. The molecule has 0 spiro atoms. The molecule has 24 heavy (non-hydrogen) atoms. The molecule has 0 aliphatic carbocycles. The SMILES string of the molecule is CCOc1ccc(N2C[C@H](NC(=O)N[C@H](C)COC)CC2=O)cc1. The molecule has 1 saturated heterocycles. The Labute approximate surface area is 142 Å². The van der Waals surface area contributed by atoms with Gasteiger partial charge in [-0.3, -0.25) is 4.79 Å². The van der Waals surface area contributed by atoms with Crippen LogP contribution in [0.3, 0.4) is 0 Å². The summed E-state index contributed by atoms with van der Waals surface area (Å²) in [5, 5.41) is 5.61. The monoisotopic (exact) mass is 335 g/mol. The average Bonchev–Trinajstić information content (AvgIpc) is 2.88. The van der Waals surface area contributed by atoms with E-state index >= 15 is 0 Å². The van der Waals surface area contributed by atoms with Gasteiger partial charge in [-0.1, -0.05) is 0 Å². The van der Waals surface area contributed by atoms with Crippen LogP contribution in [0, 0.1) is 0 Å². The second kappa shape index (κ2) is 8.54. The van der Waals surface area contributed by atoms with Gasteiger partial charge in [-0.25, -0.2) is 4.79 Å². The Bertz CT molecular complexity index is 561. The lowest BCUT2D eigenvalue weighted by Gasteiger charge is -2.19. The molecular weight excluding hydrogens is 310 g/mol. The number of benzene rings is 1. The molecule has 132 valence electrons. The molecule has 2 N–H and O–H groups in total. The first kappa shape index (κ1) is 18.1. The minimum atomic E-state index is -0.286. The first-order chi connectivity index (χ1) is 11.5. The van der Waals surface area contributed by atoms with E-state index in [-0.39, 0.29) is 24.0 Å². The highest BCUT2D eigenvalue weighted by atomic mass is 16.5. The van der Waals surface area contributed by atoms with Gasteiger partial charge in [0.05, 0.1) is 25.3 Å². The Kier molecular flexibility index (Phi) is 6.43. The van der Waals surface area contributed by atoms with Crippen molar-refractivity contribution in [1.82, 2.24) is 10.6 Å². The van der Waals surface area contributed by atoms with E-state index in [9.17, 15) is 9.59 Å². The molecule has 7 heteroatoms. The summed E-state index contributed by atoms with van der Waals surface area (Å²) in [6.45, 7) is 5.28. The maximum absolute atomic E-state index is 12.2. The van der Waals surface area contributed by atoms with E-state index in [1.54, 1.807) is 12.0 Å². The third-order valence-corrected chi connectivity index (χ3v) is 3.71. The van der Waals surface area contributed by atoms with Gasteiger partial charge in [-0.2, -0.15) is 0 Å². The Morgan fingerprint density at radius 1 is 1.38 bits per heavy atom. The van der Waals surface area contributed by atoms with Crippen LogP contribution < -0.4 is 20.3 Å². The number of hydrogen-bond donors (Lipinski definition) is 2. The molecule has 0 radical (unpaired) electrons. The Morgan fingerprint density at radius 2 is 2.08 bits per heavy atom. The lowest BCUT2D eigenvalue weighted by atomic mass is 10.2. The fourth-order valence-electron chi connectivity index (χ4n) is 2.69. The van der Waals surface area contributed by atoms with Gasteiger partial charge >= 0.3 is 6.03 Å². The lowest BCUT2D eigenvalue weighted by molar-refractivity contribution is -0.117. The second-order valence-electron chi connectivity index (χ2n) is 5.81. The predicted octanol–water partition coefficient (Wildman–Crippen LogP) is 1.52. The molecule has 0 aromatic heterocycles. The number of rotatable bonds is 7. The quantitative estimate of drug-likeness (QED) is 0.792. The fourth-order valence-corrected chi connectivity index (χ4v) is 2.69. The molecule has 0 bridgehead atoms. The van der Waals surface area contributed by atoms with Gasteiger partial charge < -0.3 is 25.0 Å². The minimum absolute atomic E-state index is 0.00519. The topological polar surface area (TPSA) is 79.9 Å². The van der Waals surface area contributed by atoms with Crippen molar-refractivity contribution in [3.05, 3.63) is 24.3 Å². The predicted molar refractivity (Wildman–Crippen MR) is 91.4 cm³/mol. The highest BCUT2D eigenvalue weighted by Gasteiger charge is 2.31. The zero-order chi connectivity index (χ0) is 17.5. The van der Waals surface area contributed by atoms with Gasteiger partial charge in [0.25, 0.3) is 0 Å². The first-order valence-corrected chi connectivity index (χ1v) is 8.12. The van der Waals surface area contributed by atoms with E-state index < -0.39 is 0 Å². The van der Waals surface area contributed by atoms with Crippen LogP contribution in [0.25, 0.3) is 0 Å². The molecule has 1 aliphatic rings. The van der Waals surface area contributed by atoms with Crippen LogP contribution in [0.2, 0.25) is 0 Å². The minimum Gasteiger partial charge on any atom is -0.494 e. The van der Waals surface area contributed by atoms with Crippen molar-refractivity contribution in [3.63, 3.8) is 0 Å². The van der Waals surface area contributed by atoms with Crippen molar-refractivity contribution in [2.75, 3.05) is 31.8 Å². The third-order valence-electron chi connectivity index (χ3n) is 3.71. The van der Waals surface area contributed by atoms with Crippen molar-refractivity contribution in [1.29, 1.82) is 0 Å². The molecule has 1 aromatic rings. The standard InChI is InChI=1S/C17H25N3O4/c1-4-24-15-7-5-14(6-8-15)20-10-13(9-16(20)21)19-17(22)18-12(2)11-23-3/h5-8,12-13H,4,9-11H2,1-3H3,(H2,18,19,22)/t12-,13-/m1/s1. The number of ether oxygens (including phenoxy) is 2. The molecule has 0 saturated carbocycles. The molecule has 2 atom stereocenters. The van der Waals surface area contributed by atoms with Crippen LogP contribution in [0.4, 0.5) is 10.5 Å². The molecule has 2 rings (SSSR count). The summed E-state index contributed by atoms with van der Waals surface area (Å²) in [4.78, 5) is 25.8. The summed E-state index contributed by atoms with van der Waals surface area (Å²) in [6.07, 6.45) is 0.291. The van der Waals surface area contributed by atoms with E-state index in [0.717, 1.165) is 11.4 Å². The van der Waals surface area contributed by atoms with Crippen LogP contribution in [-0.2, 0) is 9.53 Å². The molecule has 3 amide bonds. The Balaban J connectivity index is 1.89. The van der Waals surface area contributed by atoms with Crippen molar-refractivity contribution >= 4 is 17.6 Å². The highest BCUT2D eigenvalue weighted by Crippen LogP contribution is 2.24. The van der Waals surface area contributed by atoms with Crippen molar-refractivity contribution < 1.29 is 19.1 Å². The molecule has 1 aromatic carbocycles. The summed E-state index contributed by atoms with van der Waals surface area (Å²) in [5.41, 5.74) is 0.806. The fraction of sp³-hybridized carbons (Fsp3) is 0.529. The van der Waals surface area contributed by atoms with Gasteiger partial charge in [0.2, 0.25) is 5.91 Å². The number of hydrogen-bond acceptors (Lipinski definition) is 4. The summed E-state index contributed by atoms with van der Waals surface area (Å²) < 4.78 is 10.4. The second-order valence-corrected chi connectivity index (χ2v) is 5.81. The molecule has 7 nitrogen and oxygen atoms in total. The van der Waals surface area contributed by atoms with Gasteiger partial charge in [-0.15, -0.1) is 0 Å². The molecule has 1 heterocycles. The van der Waals surface area contributed by atoms with Crippen LogP contribution >= 0.6 is 0 Å². The number of urea groups is 1. The third kappa shape index (κ3) is 4.86. The van der Waals surface area contributed by atoms with Crippen LogP contribution in [0.1, 0.15) is 20.3 Å². The van der Waals surface area contributed by atoms with Crippen LogP contribution in [-0.4, -0.2) is 50.9 Å². The van der Waals surface area contributed by atoms with Crippen LogP contribution in [0.15, 0.2) is 24.3 Å². The van der Waals surface area contributed by atoms with Gasteiger partial charge in [0, 0.05) is 25.8 Å². The average molecular weight is 335 g/mol. The van der Waals surface area contributed by atoms with E-state index in [4.69, 9.17) is 9.47 Å².